The van der Waals surface area contributed by atoms with Gasteiger partial charge in [-0.1, -0.05) is 23.5 Å². The Hall–Kier alpha value is -1.26. The zero-order valence-corrected chi connectivity index (χ0v) is 12.3. The van der Waals surface area contributed by atoms with Gasteiger partial charge < -0.3 is 5.32 Å². The van der Waals surface area contributed by atoms with Crippen molar-refractivity contribution in [3.05, 3.63) is 34.3 Å². The van der Waals surface area contributed by atoms with E-state index >= 15 is 0 Å². The minimum atomic E-state index is 0.770. The van der Waals surface area contributed by atoms with Gasteiger partial charge in [0.2, 0.25) is 0 Å². The number of nitrogens with zero attached hydrogens (tertiary/aromatic N) is 2. The molecule has 0 atom stereocenters. The Labute approximate surface area is 118 Å². The summed E-state index contributed by atoms with van der Waals surface area (Å²) >= 11 is 1.71. The molecule has 1 fully saturated rings. The van der Waals surface area contributed by atoms with E-state index < -0.39 is 0 Å². The van der Waals surface area contributed by atoms with Crippen molar-refractivity contribution in [3.63, 3.8) is 0 Å². The fraction of sp³-hybridized carbons (Fsp3) is 0.467. The molecule has 0 radical (unpaired) electrons. The number of hydrogen-bond donors (Lipinski definition) is 1. The van der Waals surface area contributed by atoms with Crippen LogP contribution < -0.4 is 5.32 Å². The van der Waals surface area contributed by atoms with E-state index in [0.29, 0.717) is 0 Å². The lowest BCUT2D eigenvalue weighted by Crippen LogP contribution is -2.19. The van der Waals surface area contributed by atoms with Gasteiger partial charge in [-0.15, -0.1) is 10.2 Å². The lowest BCUT2D eigenvalue weighted by Gasteiger charge is -2.01. The van der Waals surface area contributed by atoms with Crippen LogP contribution in [0.1, 0.15) is 29.0 Å². The third-order valence-corrected chi connectivity index (χ3v) is 4.60. The average molecular weight is 273 g/mol. The van der Waals surface area contributed by atoms with Crippen molar-refractivity contribution >= 4 is 11.3 Å². The molecule has 0 amide bonds. The second-order valence-corrected chi connectivity index (χ2v) is 6.34. The molecular weight excluding hydrogens is 254 g/mol. The smallest absolute Gasteiger partial charge is 0.147 e. The molecule has 0 aliphatic heterocycles. The highest BCUT2D eigenvalue weighted by Gasteiger charge is 2.19. The molecule has 3 nitrogen and oxygen atoms in total. The lowest BCUT2D eigenvalue weighted by molar-refractivity contribution is 0.677. The highest BCUT2D eigenvalue weighted by molar-refractivity contribution is 7.14. The molecule has 1 N–H and O–H groups in total. The molecular formula is C15H19N3S. The fourth-order valence-electron chi connectivity index (χ4n) is 2.02. The lowest BCUT2D eigenvalue weighted by atomic mass is 10.1. The SMILES string of the molecule is Cc1ccc(-c2nnc(CCNC3CC3)s2)cc1C. The molecule has 1 aromatic heterocycles. The van der Waals surface area contributed by atoms with Crippen LogP contribution in [0, 0.1) is 13.8 Å². The van der Waals surface area contributed by atoms with E-state index in [0.717, 1.165) is 29.0 Å². The van der Waals surface area contributed by atoms with Gasteiger partial charge in [-0.05, 0) is 43.9 Å². The van der Waals surface area contributed by atoms with E-state index in [2.05, 4.69) is 47.6 Å². The van der Waals surface area contributed by atoms with Gasteiger partial charge in [-0.25, -0.2) is 0 Å². The number of aryl methyl sites for hydroxylation is 2. The summed E-state index contributed by atoms with van der Waals surface area (Å²) in [5.41, 5.74) is 3.81. The van der Waals surface area contributed by atoms with Crippen LogP contribution in [0.3, 0.4) is 0 Å². The predicted molar refractivity (Wildman–Crippen MR) is 79.5 cm³/mol. The molecule has 1 heterocycles. The Morgan fingerprint density at radius 2 is 2.05 bits per heavy atom. The second-order valence-electron chi connectivity index (χ2n) is 5.28. The van der Waals surface area contributed by atoms with Crippen LogP contribution in [-0.2, 0) is 6.42 Å². The number of hydrogen-bond acceptors (Lipinski definition) is 4. The summed E-state index contributed by atoms with van der Waals surface area (Å²) in [4.78, 5) is 0. The first-order valence-electron chi connectivity index (χ1n) is 6.86. The number of nitrogens with one attached hydrogen (secondary N) is 1. The minimum Gasteiger partial charge on any atom is -0.314 e. The normalized spacial score (nSPS) is 14.8. The molecule has 3 rings (SSSR count). The van der Waals surface area contributed by atoms with Crippen LogP contribution in [0.15, 0.2) is 18.2 Å². The maximum absolute atomic E-state index is 4.31. The van der Waals surface area contributed by atoms with Crippen LogP contribution in [0.25, 0.3) is 10.6 Å². The van der Waals surface area contributed by atoms with Crippen molar-refractivity contribution in [2.24, 2.45) is 0 Å². The zero-order valence-electron chi connectivity index (χ0n) is 11.4. The molecule has 1 aromatic carbocycles. The quantitative estimate of drug-likeness (QED) is 0.909. The molecule has 1 saturated carbocycles. The van der Waals surface area contributed by atoms with Crippen LogP contribution in [0.5, 0.6) is 0 Å². The van der Waals surface area contributed by atoms with E-state index in [1.165, 1.54) is 29.5 Å². The first-order valence-corrected chi connectivity index (χ1v) is 7.67. The fourth-order valence-corrected chi connectivity index (χ4v) is 2.85. The summed E-state index contributed by atoms with van der Waals surface area (Å²) in [5, 5.41) is 14.3. The van der Waals surface area contributed by atoms with Crippen molar-refractivity contribution in [1.29, 1.82) is 0 Å². The van der Waals surface area contributed by atoms with Gasteiger partial charge in [0, 0.05) is 24.6 Å². The van der Waals surface area contributed by atoms with Crippen molar-refractivity contribution in [2.75, 3.05) is 6.54 Å². The standard InChI is InChI=1S/C15H19N3S/c1-10-3-4-12(9-11(10)2)15-18-17-14(19-15)7-8-16-13-5-6-13/h3-4,9,13,16H,5-8H2,1-2H3. The van der Waals surface area contributed by atoms with Crippen LogP contribution in [0.4, 0.5) is 0 Å². The Morgan fingerprint density at radius 3 is 2.79 bits per heavy atom. The number of rotatable bonds is 5. The molecule has 0 saturated heterocycles. The van der Waals surface area contributed by atoms with Crippen LogP contribution in [-0.4, -0.2) is 22.8 Å². The van der Waals surface area contributed by atoms with Crippen molar-refractivity contribution in [2.45, 2.75) is 39.2 Å². The Bertz CT molecular complexity index is 573. The second kappa shape index (κ2) is 5.39. The van der Waals surface area contributed by atoms with E-state index in [1.807, 2.05) is 0 Å². The Kier molecular flexibility index (Phi) is 3.62. The van der Waals surface area contributed by atoms with Crippen molar-refractivity contribution < 1.29 is 0 Å². The maximum Gasteiger partial charge on any atom is 0.147 e. The Morgan fingerprint density at radius 1 is 1.21 bits per heavy atom. The molecule has 100 valence electrons. The monoisotopic (exact) mass is 273 g/mol. The van der Waals surface area contributed by atoms with Crippen molar-refractivity contribution in [3.8, 4) is 10.6 Å². The third kappa shape index (κ3) is 3.19. The summed E-state index contributed by atoms with van der Waals surface area (Å²) < 4.78 is 0. The van der Waals surface area contributed by atoms with Crippen molar-refractivity contribution in [1.82, 2.24) is 15.5 Å². The van der Waals surface area contributed by atoms with E-state index in [4.69, 9.17) is 0 Å². The molecule has 1 aliphatic rings. The summed E-state index contributed by atoms with van der Waals surface area (Å²) in [6.07, 6.45) is 3.66. The molecule has 1 aliphatic carbocycles. The summed E-state index contributed by atoms with van der Waals surface area (Å²) in [5.74, 6) is 0. The van der Waals surface area contributed by atoms with E-state index in [9.17, 15) is 0 Å². The van der Waals surface area contributed by atoms with E-state index in [-0.39, 0.29) is 0 Å². The largest absolute Gasteiger partial charge is 0.314 e. The summed E-state index contributed by atoms with van der Waals surface area (Å²) in [7, 11) is 0. The molecule has 4 heteroatoms. The average Bonchev–Trinajstić information content (AvgIpc) is 3.10. The summed E-state index contributed by atoms with van der Waals surface area (Å²) in [6, 6.07) is 7.25. The minimum absolute atomic E-state index is 0.770. The van der Waals surface area contributed by atoms with Gasteiger partial charge in [0.15, 0.2) is 0 Å². The number of aromatic nitrogens is 2. The molecule has 0 unspecified atom stereocenters. The van der Waals surface area contributed by atoms with Crippen LogP contribution in [0.2, 0.25) is 0 Å². The van der Waals surface area contributed by atoms with E-state index in [1.54, 1.807) is 11.3 Å². The maximum atomic E-state index is 4.31. The third-order valence-electron chi connectivity index (χ3n) is 3.57. The first-order chi connectivity index (χ1) is 9.22. The van der Waals surface area contributed by atoms with Gasteiger partial charge >= 0.3 is 0 Å². The summed E-state index contributed by atoms with van der Waals surface area (Å²) in [6.45, 7) is 5.29. The number of benzene rings is 1. The molecule has 2 aromatic rings. The molecule has 0 spiro atoms. The van der Waals surface area contributed by atoms with Gasteiger partial charge in [-0.3, -0.25) is 0 Å². The van der Waals surface area contributed by atoms with Gasteiger partial charge in [0.25, 0.3) is 0 Å². The Balaban J connectivity index is 1.67. The predicted octanol–water partition coefficient (Wildman–Crippen LogP) is 3.12. The molecule has 19 heavy (non-hydrogen) atoms. The highest BCUT2D eigenvalue weighted by atomic mass is 32.1. The van der Waals surface area contributed by atoms with Crippen LogP contribution >= 0.6 is 11.3 Å². The molecule has 0 bridgehead atoms. The van der Waals surface area contributed by atoms with Gasteiger partial charge in [-0.2, -0.15) is 0 Å². The van der Waals surface area contributed by atoms with Gasteiger partial charge in [0.05, 0.1) is 0 Å². The highest BCUT2D eigenvalue weighted by Crippen LogP contribution is 2.25. The topological polar surface area (TPSA) is 37.8 Å². The van der Waals surface area contributed by atoms with Gasteiger partial charge in [0.1, 0.15) is 10.0 Å². The first kappa shape index (κ1) is 12.8. The zero-order chi connectivity index (χ0) is 13.2.